The van der Waals surface area contributed by atoms with Crippen molar-refractivity contribution in [2.45, 2.75) is 45.0 Å². The van der Waals surface area contributed by atoms with E-state index in [4.69, 9.17) is 9.47 Å². The third-order valence-corrected chi connectivity index (χ3v) is 4.18. The van der Waals surface area contributed by atoms with Crippen LogP contribution >= 0.6 is 0 Å². The van der Waals surface area contributed by atoms with Gasteiger partial charge in [-0.3, -0.25) is 4.79 Å². The summed E-state index contributed by atoms with van der Waals surface area (Å²) in [7, 11) is -1.95. The van der Waals surface area contributed by atoms with Crippen molar-refractivity contribution in [1.29, 1.82) is 0 Å². The molecule has 0 rings (SSSR count). The Morgan fingerprint density at radius 1 is 1.29 bits per heavy atom. The summed E-state index contributed by atoms with van der Waals surface area (Å²) in [4.78, 5) is 11.6. The van der Waals surface area contributed by atoms with Crippen LogP contribution in [0.15, 0.2) is 0 Å². The Balaban J connectivity index is 4.47. The Bertz CT molecular complexity index is 339. The third-order valence-electron chi connectivity index (χ3n) is 2.05. The highest BCUT2D eigenvalue weighted by molar-refractivity contribution is 7.92. The van der Waals surface area contributed by atoms with E-state index in [-0.39, 0.29) is 5.75 Å². The number of hydrogen-bond acceptors (Lipinski definition) is 5. The second kappa shape index (κ2) is 6.35. The molecule has 1 atom stereocenters. The fourth-order valence-electron chi connectivity index (χ4n) is 1.11. The van der Waals surface area contributed by atoms with Gasteiger partial charge in [-0.15, -0.1) is 0 Å². The smallest absolute Gasteiger partial charge is 0.324 e. The molecule has 0 aromatic carbocycles. The van der Waals surface area contributed by atoms with E-state index >= 15 is 0 Å². The summed E-state index contributed by atoms with van der Waals surface area (Å²) >= 11 is 0. The van der Waals surface area contributed by atoms with Gasteiger partial charge in [0.15, 0.2) is 15.1 Å². The third kappa shape index (κ3) is 6.63. The molecule has 0 aliphatic carbocycles. The first-order valence-electron chi connectivity index (χ1n) is 5.53. The summed E-state index contributed by atoms with van der Waals surface area (Å²) in [6.07, 6.45) is 0.381. The van der Waals surface area contributed by atoms with Crippen molar-refractivity contribution in [2.24, 2.45) is 0 Å². The Labute approximate surface area is 103 Å². The molecule has 0 fully saturated rings. The van der Waals surface area contributed by atoms with E-state index in [2.05, 4.69) is 0 Å². The molecule has 0 radical (unpaired) electrons. The molecule has 0 N–H and O–H groups in total. The van der Waals surface area contributed by atoms with Gasteiger partial charge < -0.3 is 9.47 Å². The maximum absolute atomic E-state index is 11.8. The standard InChI is InChI=1S/C11H22O5S/c1-9(10(12)16-11(2,3)4)17(13,14)8-6-7-15-5/h9H,6-8H2,1-5H3. The molecule has 6 heteroatoms. The number of ether oxygens (including phenoxy) is 2. The highest BCUT2D eigenvalue weighted by atomic mass is 32.2. The van der Waals surface area contributed by atoms with Gasteiger partial charge in [0, 0.05) is 13.7 Å². The zero-order valence-corrected chi connectivity index (χ0v) is 12.0. The second-order valence-electron chi connectivity index (χ2n) is 4.89. The van der Waals surface area contributed by atoms with Crippen LogP contribution in [0.3, 0.4) is 0 Å². The van der Waals surface area contributed by atoms with Gasteiger partial charge in [0.1, 0.15) is 5.60 Å². The molecule has 17 heavy (non-hydrogen) atoms. The first-order chi connectivity index (χ1) is 7.60. The summed E-state index contributed by atoms with van der Waals surface area (Å²) in [6, 6.07) is 0. The fraction of sp³-hybridized carbons (Fsp3) is 0.909. The van der Waals surface area contributed by atoms with Gasteiger partial charge in [-0.25, -0.2) is 8.42 Å². The highest BCUT2D eigenvalue weighted by Crippen LogP contribution is 2.13. The molecule has 102 valence electrons. The molecule has 0 saturated carbocycles. The van der Waals surface area contributed by atoms with Gasteiger partial charge in [0.05, 0.1) is 5.75 Å². The van der Waals surface area contributed by atoms with E-state index < -0.39 is 26.7 Å². The predicted molar refractivity (Wildman–Crippen MR) is 65.6 cm³/mol. The van der Waals surface area contributed by atoms with Crippen LogP contribution in [0, 0.1) is 0 Å². The van der Waals surface area contributed by atoms with E-state index in [1.165, 1.54) is 14.0 Å². The average Bonchev–Trinajstić information content (AvgIpc) is 2.14. The summed E-state index contributed by atoms with van der Waals surface area (Å²) in [6.45, 7) is 6.83. The lowest BCUT2D eigenvalue weighted by Gasteiger charge is -2.22. The van der Waals surface area contributed by atoms with Crippen molar-refractivity contribution >= 4 is 15.8 Å². The maximum Gasteiger partial charge on any atom is 0.324 e. The van der Waals surface area contributed by atoms with Crippen molar-refractivity contribution in [3.63, 3.8) is 0 Å². The number of carbonyl (C=O) groups is 1. The van der Waals surface area contributed by atoms with Crippen molar-refractivity contribution in [3.05, 3.63) is 0 Å². The Kier molecular flexibility index (Phi) is 6.12. The van der Waals surface area contributed by atoms with Gasteiger partial charge in [0.2, 0.25) is 0 Å². The van der Waals surface area contributed by atoms with Crippen molar-refractivity contribution in [3.8, 4) is 0 Å². The van der Waals surface area contributed by atoms with Crippen LogP contribution in [-0.4, -0.2) is 44.7 Å². The molecule has 0 bridgehead atoms. The van der Waals surface area contributed by atoms with Crippen LogP contribution in [0.1, 0.15) is 34.1 Å². The molecule has 0 aromatic heterocycles. The minimum atomic E-state index is -3.46. The zero-order chi connectivity index (χ0) is 13.7. The number of rotatable bonds is 6. The topological polar surface area (TPSA) is 69.7 Å². The lowest BCUT2D eigenvalue weighted by molar-refractivity contribution is -0.153. The maximum atomic E-state index is 11.8. The van der Waals surface area contributed by atoms with E-state index in [0.717, 1.165) is 0 Å². The number of esters is 1. The molecule has 0 aliphatic rings. The van der Waals surface area contributed by atoms with Crippen molar-refractivity contribution < 1.29 is 22.7 Å². The fourth-order valence-corrected chi connectivity index (χ4v) is 2.33. The monoisotopic (exact) mass is 266 g/mol. The SMILES string of the molecule is COCCCS(=O)(=O)C(C)C(=O)OC(C)(C)C. The first kappa shape index (κ1) is 16.4. The first-order valence-corrected chi connectivity index (χ1v) is 7.25. The number of sulfone groups is 1. The van der Waals surface area contributed by atoms with Crippen LogP contribution < -0.4 is 0 Å². The van der Waals surface area contributed by atoms with Crippen LogP contribution in [-0.2, 0) is 24.1 Å². The van der Waals surface area contributed by atoms with Gasteiger partial charge in [-0.05, 0) is 34.1 Å². The molecule has 0 saturated heterocycles. The molecule has 1 unspecified atom stereocenters. The normalized spacial score (nSPS) is 14.4. The zero-order valence-electron chi connectivity index (χ0n) is 11.1. The number of carbonyl (C=O) groups excluding carboxylic acids is 1. The molecular weight excluding hydrogens is 244 g/mol. The van der Waals surface area contributed by atoms with E-state index in [1.807, 2.05) is 0 Å². The minimum Gasteiger partial charge on any atom is -0.459 e. The number of methoxy groups -OCH3 is 1. The highest BCUT2D eigenvalue weighted by Gasteiger charge is 2.31. The second-order valence-corrected chi connectivity index (χ2v) is 7.33. The molecule has 0 spiro atoms. The predicted octanol–water partition coefficient (Wildman–Crippen LogP) is 1.17. The molecule has 0 amide bonds. The molecule has 5 nitrogen and oxygen atoms in total. The number of hydrogen-bond donors (Lipinski definition) is 0. The molecule has 0 aliphatic heterocycles. The van der Waals surface area contributed by atoms with Crippen molar-refractivity contribution in [2.75, 3.05) is 19.5 Å². The summed E-state index contributed by atoms with van der Waals surface area (Å²) < 4.78 is 33.4. The minimum absolute atomic E-state index is 0.0682. The Hall–Kier alpha value is -0.620. The van der Waals surface area contributed by atoms with Gasteiger partial charge in [0.25, 0.3) is 0 Å². The lowest BCUT2D eigenvalue weighted by Crippen LogP contribution is -2.36. The largest absolute Gasteiger partial charge is 0.459 e. The van der Waals surface area contributed by atoms with Gasteiger partial charge >= 0.3 is 5.97 Å². The molecule has 0 heterocycles. The van der Waals surface area contributed by atoms with Crippen LogP contribution in [0.2, 0.25) is 0 Å². The lowest BCUT2D eigenvalue weighted by atomic mass is 10.2. The molecular formula is C11H22O5S. The van der Waals surface area contributed by atoms with E-state index in [1.54, 1.807) is 20.8 Å². The Morgan fingerprint density at radius 3 is 2.24 bits per heavy atom. The molecule has 0 aromatic rings. The summed E-state index contributed by atoms with van der Waals surface area (Å²) in [5, 5.41) is -1.13. The van der Waals surface area contributed by atoms with Crippen LogP contribution in [0.25, 0.3) is 0 Å². The van der Waals surface area contributed by atoms with Gasteiger partial charge in [-0.2, -0.15) is 0 Å². The quantitative estimate of drug-likeness (QED) is 0.533. The average molecular weight is 266 g/mol. The van der Waals surface area contributed by atoms with Crippen LogP contribution in [0.4, 0.5) is 0 Å². The van der Waals surface area contributed by atoms with Crippen LogP contribution in [0.5, 0.6) is 0 Å². The summed E-state index contributed by atoms with van der Waals surface area (Å²) in [5.41, 5.74) is -0.673. The Morgan fingerprint density at radius 2 is 1.82 bits per heavy atom. The van der Waals surface area contributed by atoms with Crippen molar-refractivity contribution in [1.82, 2.24) is 0 Å². The van der Waals surface area contributed by atoms with E-state index in [0.29, 0.717) is 13.0 Å². The van der Waals surface area contributed by atoms with Gasteiger partial charge in [-0.1, -0.05) is 0 Å². The summed E-state index contributed by atoms with van der Waals surface area (Å²) in [5.74, 6) is -0.767. The van der Waals surface area contributed by atoms with E-state index in [9.17, 15) is 13.2 Å².